The van der Waals surface area contributed by atoms with E-state index in [1.54, 1.807) is 0 Å². The number of aliphatic hydroxyl groups is 2. The van der Waals surface area contributed by atoms with Crippen molar-refractivity contribution in [3.05, 3.63) is 11.7 Å². The highest BCUT2D eigenvalue weighted by atomic mass is 16.5. The second kappa shape index (κ2) is 6.20. The van der Waals surface area contributed by atoms with Gasteiger partial charge in [0.15, 0.2) is 5.82 Å². The molecule has 0 aliphatic carbocycles. The average molecular weight is 285 g/mol. The minimum Gasteiger partial charge on any atom is -0.396 e. The zero-order valence-corrected chi connectivity index (χ0v) is 13.3. The molecule has 0 bridgehead atoms. The van der Waals surface area contributed by atoms with Crippen molar-refractivity contribution < 1.29 is 14.7 Å². The van der Waals surface area contributed by atoms with Crippen LogP contribution in [-0.4, -0.2) is 52.1 Å². The van der Waals surface area contributed by atoms with Gasteiger partial charge < -0.3 is 14.7 Å². The molecular weight excluding hydrogens is 258 g/mol. The molecule has 0 aliphatic rings. The first-order chi connectivity index (χ1) is 9.13. The lowest BCUT2D eigenvalue weighted by molar-refractivity contribution is 0.0287. The Bertz CT molecular complexity index is 422. The summed E-state index contributed by atoms with van der Waals surface area (Å²) in [6.45, 7) is 10.3. The molecule has 6 nitrogen and oxygen atoms in total. The third kappa shape index (κ3) is 4.01. The van der Waals surface area contributed by atoms with Gasteiger partial charge in [-0.1, -0.05) is 32.9 Å². The molecule has 1 aromatic rings. The summed E-state index contributed by atoms with van der Waals surface area (Å²) in [4.78, 5) is 6.43. The molecule has 1 unspecified atom stereocenters. The third-order valence-electron chi connectivity index (χ3n) is 3.53. The van der Waals surface area contributed by atoms with Crippen LogP contribution in [0.15, 0.2) is 4.52 Å². The van der Waals surface area contributed by atoms with Gasteiger partial charge in [0.1, 0.15) is 0 Å². The molecule has 0 saturated carbocycles. The van der Waals surface area contributed by atoms with E-state index in [9.17, 15) is 10.2 Å². The van der Waals surface area contributed by atoms with Gasteiger partial charge in [-0.15, -0.1) is 0 Å². The first kappa shape index (κ1) is 17.1. The Morgan fingerprint density at radius 2 is 1.75 bits per heavy atom. The summed E-state index contributed by atoms with van der Waals surface area (Å²) in [6.07, 6.45) is 0. The fourth-order valence-electron chi connectivity index (χ4n) is 1.79. The largest absolute Gasteiger partial charge is 0.396 e. The van der Waals surface area contributed by atoms with Crippen molar-refractivity contribution in [2.24, 2.45) is 5.41 Å². The first-order valence-corrected chi connectivity index (χ1v) is 6.89. The van der Waals surface area contributed by atoms with Gasteiger partial charge in [-0.25, -0.2) is 0 Å². The van der Waals surface area contributed by atoms with Crippen molar-refractivity contribution in [1.82, 2.24) is 15.0 Å². The predicted molar refractivity (Wildman–Crippen MR) is 76.3 cm³/mol. The summed E-state index contributed by atoms with van der Waals surface area (Å²) in [6, 6.07) is -0.0731. The van der Waals surface area contributed by atoms with E-state index >= 15 is 0 Å². The van der Waals surface area contributed by atoms with E-state index in [-0.39, 0.29) is 24.7 Å². The molecule has 1 atom stereocenters. The van der Waals surface area contributed by atoms with Crippen LogP contribution < -0.4 is 0 Å². The standard InChI is InChI=1S/C14H27N3O3/c1-10(17(6)7-14(5,8-18)9-19)11-15-12(16-20-11)13(2,3)4/h10,18-19H,7-9H2,1-6H3. The Kier molecular flexibility index (Phi) is 5.29. The lowest BCUT2D eigenvalue weighted by Gasteiger charge is -2.32. The highest BCUT2D eigenvalue weighted by Crippen LogP contribution is 2.25. The molecule has 6 heteroatoms. The number of hydrogen-bond donors (Lipinski definition) is 2. The van der Waals surface area contributed by atoms with Gasteiger partial charge in [0.05, 0.1) is 19.3 Å². The molecule has 0 fully saturated rings. The molecule has 0 aromatic carbocycles. The molecule has 0 spiro atoms. The van der Waals surface area contributed by atoms with Crippen LogP contribution in [0.5, 0.6) is 0 Å². The maximum atomic E-state index is 9.36. The van der Waals surface area contributed by atoms with Crippen LogP contribution >= 0.6 is 0 Å². The maximum Gasteiger partial charge on any atom is 0.243 e. The first-order valence-electron chi connectivity index (χ1n) is 6.89. The van der Waals surface area contributed by atoms with Gasteiger partial charge in [-0.3, -0.25) is 4.90 Å². The van der Waals surface area contributed by atoms with Crippen LogP contribution in [0.1, 0.15) is 52.4 Å². The summed E-state index contributed by atoms with van der Waals surface area (Å²) in [5, 5.41) is 22.7. The minimum absolute atomic E-state index is 0.0718. The molecule has 0 radical (unpaired) electrons. The van der Waals surface area contributed by atoms with Gasteiger partial charge >= 0.3 is 0 Å². The van der Waals surface area contributed by atoms with Crippen LogP contribution in [0.2, 0.25) is 0 Å². The van der Waals surface area contributed by atoms with Crippen molar-refractivity contribution in [3.8, 4) is 0 Å². The second-order valence-electron chi connectivity index (χ2n) is 6.92. The van der Waals surface area contributed by atoms with Gasteiger partial charge in [0.25, 0.3) is 0 Å². The highest BCUT2D eigenvalue weighted by molar-refractivity contribution is 5.02. The lowest BCUT2D eigenvalue weighted by Crippen LogP contribution is -2.40. The van der Waals surface area contributed by atoms with Gasteiger partial charge in [-0.05, 0) is 14.0 Å². The normalized spacial score (nSPS) is 14.8. The molecule has 2 N–H and O–H groups in total. The Morgan fingerprint density at radius 3 is 2.15 bits per heavy atom. The molecule has 116 valence electrons. The van der Waals surface area contributed by atoms with Gasteiger partial charge in [0.2, 0.25) is 5.89 Å². The Morgan fingerprint density at radius 1 is 1.20 bits per heavy atom. The summed E-state index contributed by atoms with van der Waals surface area (Å²) in [5.74, 6) is 1.23. The van der Waals surface area contributed by atoms with Crippen molar-refractivity contribution in [2.75, 3.05) is 26.8 Å². The lowest BCUT2D eigenvalue weighted by atomic mass is 9.92. The molecule has 0 aliphatic heterocycles. The predicted octanol–water partition coefficient (Wildman–Crippen LogP) is 1.35. The Hall–Kier alpha value is -0.980. The molecule has 0 saturated heterocycles. The van der Waals surface area contributed by atoms with Crippen LogP contribution in [0.3, 0.4) is 0 Å². The van der Waals surface area contributed by atoms with E-state index in [1.165, 1.54) is 0 Å². The molecular formula is C14H27N3O3. The molecule has 1 heterocycles. The maximum absolute atomic E-state index is 9.36. The van der Waals surface area contributed by atoms with E-state index in [1.807, 2.05) is 46.6 Å². The highest BCUT2D eigenvalue weighted by Gasteiger charge is 2.29. The summed E-state index contributed by atoms with van der Waals surface area (Å²) in [7, 11) is 1.91. The van der Waals surface area contributed by atoms with E-state index in [0.29, 0.717) is 18.3 Å². The molecule has 0 amide bonds. The fraction of sp³-hybridized carbons (Fsp3) is 0.857. The third-order valence-corrected chi connectivity index (χ3v) is 3.53. The number of rotatable bonds is 6. The quantitative estimate of drug-likeness (QED) is 0.821. The summed E-state index contributed by atoms with van der Waals surface area (Å²) < 4.78 is 5.33. The molecule has 20 heavy (non-hydrogen) atoms. The van der Waals surface area contributed by atoms with Crippen LogP contribution in [0.25, 0.3) is 0 Å². The second-order valence-corrected chi connectivity index (χ2v) is 6.92. The van der Waals surface area contributed by atoms with Crippen molar-refractivity contribution in [2.45, 2.75) is 46.1 Å². The average Bonchev–Trinajstić information content (AvgIpc) is 2.87. The Labute approximate surface area is 120 Å². The van der Waals surface area contributed by atoms with Gasteiger partial charge in [-0.2, -0.15) is 4.98 Å². The number of nitrogens with zero attached hydrogens (tertiary/aromatic N) is 3. The zero-order valence-electron chi connectivity index (χ0n) is 13.3. The molecule has 1 rings (SSSR count). The van der Waals surface area contributed by atoms with E-state index in [0.717, 1.165) is 0 Å². The Balaban J connectivity index is 2.79. The monoisotopic (exact) mass is 285 g/mol. The number of aromatic nitrogens is 2. The van der Waals surface area contributed by atoms with E-state index < -0.39 is 5.41 Å². The summed E-state index contributed by atoms with van der Waals surface area (Å²) >= 11 is 0. The van der Waals surface area contributed by atoms with Gasteiger partial charge in [0, 0.05) is 17.4 Å². The van der Waals surface area contributed by atoms with Crippen molar-refractivity contribution in [1.29, 1.82) is 0 Å². The van der Waals surface area contributed by atoms with E-state index in [2.05, 4.69) is 10.1 Å². The fourth-order valence-corrected chi connectivity index (χ4v) is 1.79. The van der Waals surface area contributed by atoms with Crippen molar-refractivity contribution >= 4 is 0 Å². The molecule has 1 aromatic heterocycles. The van der Waals surface area contributed by atoms with E-state index in [4.69, 9.17) is 4.52 Å². The van der Waals surface area contributed by atoms with Crippen LogP contribution in [0.4, 0.5) is 0 Å². The smallest absolute Gasteiger partial charge is 0.243 e. The number of hydrogen-bond acceptors (Lipinski definition) is 6. The topological polar surface area (TPSA) is 82.6 Å². The van der Waals surface area contributed by atoms with Crippen LogP contribution in [-0.2, 0) is 5.41 Å². The zero-order chi connectivity index (χ0) is 15.6. The summed E-state index contributed by atoms with van der Waals surface area (Å²) in [5.41, 5.74) is -0.694. The minimum atomic E-state index is -0.546. The number of aliphatic hydroxyl groups excluding tert-OH is 2. The SMILES string of the molecule is CC(c1nc(C(C)(C)C)no1)N(C)CC(C)(CO)CO. The van der Waals surface area contributed by atoms with Crippen molar-refractivity contribution in [3.63, 3.8) is 0 Å². The van der Waals surface area contributed by atoms with Crippen LogP contribution in [0, 0.1) is 5.41 Å².